The summed E-state index contributed by atoms with van der Waals surface area (Å²) < 4.78 is 43.5. The number of primary sulfonamides is 2. The molecule has 0 aliphatic rings. The molecular formula is C6H8N3O4S2. The molecule has 0 saturated heterocycles. The second kappa shape index (κ2) is 3.45. The van der Waals surface area contributed by atoms with E-state index in [1.165, 1.54) is 0 Å². The van der Waals surface area contributed by atoms with E-state index in [2.05, 4.69) is 0 Å². The van der Waals surface area contributed by atoms with Crippen LogP contribution in [0.3, 0.4) is 0 Å². The van der Waals surface area contributed by atoms with Crippen LogP contribution in [0, 0.1) is 0 Å². The highest BCUT2D eigenvalue weighted by molar-refractivity contribution is 7.89. The number of sulfonamides is 2. The lowest BCUT2D eigenvalue weighted by atomic mass is 10.3. The van der Waals surface area contributed by atoms with Crippen molar-refractivity contribution in [2.45, 2.75) is 9.79 Å². The van der Waals surface area contributed by atoms with Crippen LogP contribution in [0.1, 0.15) is 0 Å². The Morgan fingerprint density at radius 1 is 1.00 bits per heavy atom. The summed E-state index contributed by atoms with van der Waals surface area (Å²) >= 11 is 0. The normalized spacial score (nSPS) is 12.7. The van der Waals surface area contributed by atoms with Crippen molar-refractivity contribution in [3.63, 3.8) is 0 Å². The minimum atomic E-state index is -4.02. The fourth-order valence-corrected chi connectivity index (χ4v) is 2.10. The van der Waals surface area contributed by atoms with Crippen LogP contribution < -0.4 is 16.0 Å². The third kappa shape index (κ3) is 2.65. The molecule has 1 aromatic rings. The molecule has 0 unspecified atom stereocenters. The van der Waals surface area contributed by atoms with Crippen molar-refractivity contribution in [1.29, 1.82) is 0 Å². The predicted octanol–water partition coefficient (Wildman–Crippen LogP) is -1.10. The fourth-order valence-electron chi connectivity index (χ4n) is 0.934. The van der Waals surface area contributed by atoms with Gasteiger partial charge in [-0.3, -0.25) is 5.73 Å². The molecule has 0 heterocycles. The van der Waals surface area contributed by atoms with Crippen LogP contribution >= 0.6 is 0 Å². The van der Waals surface area contributed by atoms with Gasteiger partial charge in [-0.15, -0.1) is 0 Å². The first-order chi connectivity index (χ1) is 6.62. The lowest BCUT2D eigenvalue weighted by Crippen LogP contribution is -2.15. The zero-order valence-corrected chi connectivity index (χ0v) is 8.97. The topological polar surface area (TPSA) is 144 Å². The number of nitrogens with two attached hydrogens (primary N) is 2. The SMILES string of the molecule is [NH]c1cc(S(N)(=O)=O)ccc1S(N)(=O)=O. The Kier molecular flexibility index (Phi) is 2.74. The maximum absolute atomic E-state index is 10.9. The lowest BCUT2D eigenvalue weighted by molar-refractivity contribution is 0.594. The van der Waals surface area contributed by atoms with Crippen molar-refractivity contribution in [3.8, 4) is 0 Å². The zero-order chi connectivity index (χ0) is 11.9. The Morgan fingerprint density at radius 3 is 1.87 bits per heavy atom. The molecule has 0 aliphatic heterocycles. The summed E-state index contributed by atoms with van der Waals surface area (Å²) in [6.07, 6.45) is 0. The zero-order valence-electron chi connectivity index (χ0n) is 7.34. The smallest absolute Gasteiger partial charge is 0.240 e. The summed E-state index contributed by atoms with van der Waals surface area (Å²) in [6, 6.07) is 2.74. The summed E-state index contributed by atoms with van der Waals surface area (Å²) in [7, 11) is -7.96. The van der Waals surface area contributed by atoms with E-state index in [0.29, 0.717) is 0 Å². The maximum Gasteiger partial charge on any atom is 0.240 e. The monoisotopic (exact) mass is 250 g/mol. The molecule has 0 atom stereocenters. The maximum atomic E-state index is 10.9. The number of hydrogen-bond acceptors (Lipinski definition) is 4. The van der Waals surface area contributed by atoms with E-state index in [1.807, 2.05) is 0 Å². The van der Waals surface area contributed by atoms with Gasteiger partial charge < -0.3 is 0 Å². The van der Waals surface area contributed by atoms with E-state index in [1.54, 1.807) is 0 Å². The van der Waals surface area contributed by atoms with Crippen LogP contribution in [0.2, 0.25) is 0 Å². The van der Waals surface area contributed by atoms with Gasteiger partial charge in [0.15, 0.2) is 0 Å². The first-order valence-electron chi connectivity index (χ1n) is 3.53. The Balaban J connectivity index is 3.47. The first-order valence-corrected chi connectivity index (χ1v) is 6.63. The Labute approximate surface area is 87.0 Å². The van der Waals surface area contributed by atoms with E-state index < -0.39 is 30.6 Å². The summed E-state index contributed by atoms with van der Waals surface area (Å²) in [6.45, 7) is 0. The van der Waals surface area contributed by atoms with E-state index >= 15 is 0 Å². The molecular weight excluding hydrogens is 242 g/mol. The fraction of sp³-hybridized carbons (Fsp3) is 0. The van der Waals surface area contributed by atoms with Crippen LogP contribution in [0.15, 0.2) is 28.0 Å². The molecule has 5 N–H and O–H groups in total. The van der Waals surface area contributed by atoms with Gasteiger partial charge in [0.1, 0.15) is 4.90 Å². The van der Waals surface area contributed by atoms with Gasteiger partial charge in [0.05, 0.1) is 10.6 Å². The second-order valence-electron chi connectivity index (χ2n) is 2.75. The number of hydrogen-bond donors (Lipinski definition) is 2. The highest BCUT2D eigenvalue weighted by Gasteiger charge is 2.16. The molecule has 0 aliphatic carbocycles. The minimum Gasteiger partial charge on any atom is -0.299 e. The molecule has 0 amide bonds. The molecule has 9 heteroatoms. The van der Waals surface area contributed by atoms with Crippen molar-refractivity contribution in [3.05, 3.63) is 18.2 Å². The molecule has 0 spiro atoms. The molecule has 7 nitrogen and oxygen atoms in total. The third-order valence-corrected chi connectivity index (χ3v) is 3.47. The van der Waals surface area contributed by atoms with Crippen LogP contribution in [0.25, 0.3) is 0 Å². The van der Waals surface area contributed by atoms with Gasteiger partial charge >= 0.3 is 0 Å². The summed E-state index contributed by atoms with van der Waals surface area (Å²) in [4.78, 5) is -0.783. The van der Waals surface area contributed by atoms with Crippen molar-refractivity contribution in [1.82, 2.24) is 5.73 Å². The first kappa shape index (κ1) is 11.9. The number of benzene rings is 1. The highest BCUT2D eigenvalue weighted by atomic mass is 32.2. The summed E-state index contributed by atoms with van der Waals surface area (Å²) in [5.41, 5.74) is 6.76. The van der Waals surface area contributed by atoms with Gasteiger partial charge in [0.2, 0.25) is 20.0 Å². The van der Waals surface area contributed by atoms with Crippen LogP contribution in [0.4, 0.5) is 5.69 Å². The molecule has 0 fully saturated rings. The standard InChI is InChI=1S/C6H8N3O4S2/c7-5-3-4(14(8,10)11)1-2-6(5)15(9,12)13/h1-3,7H,(H2,8,10,11)(H2,9,12,13). The number of nitrogens with one attached hydrogen (secondary N) is 1. The molecule has 1 radical (unpaired) electrons. The largest absolute Gasteiger partial charge is 0.299 e. The molecule has 15 heavy (non-hydrogen) atoms. The van der Waals surface area contributed by atoms with Crippen molar-refractivity contribution >= 4 is 25.7 Å². The van der Waals surface area contributed by atoms with Crippen molar-refractivity contribution in [2.75, 3.05) is 0 Å². The van der Waals surface area contributed by atoms with Crippen molar-refractivity contribution in [2.24, 2.45) is 10.3 Å². The van der Waals surface area contributed by atoms with Crippen LogP contribution in [-0.4, -0.2) is 16.8 Å². The van der Waals surface area contributed by atoms with E-state index in [0.717, 1.165) is 18.2 Å². The molecule has 1 rings (SSSR count). The molecule has 0 aromatic heterocycles. The highest BCUT2D eigenvalue weighted by Crippen LogP contribution is 2.21. The van der Waals surface area contributed by atoms with Gasteiger partial charge in [0.25, 0.3) is 0 Å². The molecule has 0 saturated carbocycles. The molecule has 83 valence electrons. The average Bonchev–Trinajstić information content (AvgIpc) is 1.99. The molecule has 1 aromatic carbocycles. The van der Waals surface area contributed by atoms with E-state index in [-0.39, 0.29) is 4.90 Å². The number of rotatable bonds is 2. The average molecular weight is 250 g/mol. The third-order valence-electron chi connectivity index (χ3n) is 1.59. The summed E-state index contributed by atoms with van der Waals surface area (Å²) in [5, 5.41) is 9.58. The van der Waals surface area contributed by atoms with Gasteiger partial charge in [-0.05, 0) is 18.2 Å². The van der Waals surface area contributed by atoms with Gasteiger partial charge in [-0.1, -0.05) is 0 Å². The van der Waals surface area contributed by atoms with E-state index in [9.17, 15) is 16.8 Å². The molecule has 0 bridgehead atoms. The summed E-state index contributed by atoms with van der Waals surface area (Å²) in [5.74, 6) is 0. The minimum absolute atomic E-state index is 0.333. The van der Waals surface area contributed by atoms with Gasteiger partial charge in [-0.2, -0.15) is 0 Å². The quantitative estimate of drug-likeness (QED) is 0.685. The van der Waals surface area contributed by atoms with Crippen LogP contribution in [-0.2, 0) is 20.0 Å². The lowest BCUT2D eigenvalue weighted by Gasteiger charge is -2.03. The predicted molar refractivity (Wildman–Crippen MR) is 51.9 cm³/mol. The Morgan fingerprint density at radius 2 is 1.53 bits per heavy atom. The van der Waals surface area contributed by atoms with Gasteiger partial charge in [0, 0.05) is 0 Å². The Hall–Kier alpha value is -1.16. The van der Waals surface area contributed by atoms with Crippen LogP contribution in [0.5, 0.6) is 0 Å². The second-order valence-corrected chi connectivity index (χ2v) is 5.84. The Bertz CT molecular complexity index is 591. The van der Waals surface area contributed by atoms with Crippen molar-refractivity contribution < 1.29 is 16.8 Å². The van der Waals surface area contributed by atoms with E-state index in [4.69, 9.17) is 16.0 Å². The van der Waals surface area contributed by atoms with Gasteiger partial charge in [-0.25, -0.2) is 27.1 Å².